The Morgan fingerprint density at radius 3 is 2.20 bits per heavy atom. The van der Waals surface area contributed by atoms with Gasteiger partial charge >= 0.3 is 5.97 Å². The third kappa shape index (κ3) is 5.69. The van der Waals surface area contributed by atoms with Crippen molar-refractivity contribution < 1.29 is 14.6 Å². The Bertz CT molecular complexity index is 641. The van der Waals surface area contributed by atoms with E-state index in [-0.39, 0.29) is 6.61 Å². The number of benzene rings is 2. The van der Waals surface area contributed by atoms with E-state index in [2.05, 4.69) is 6.92 Å². The quantitative estimate of drug-likeness (QED) is 0.541. The maximum absolute atomic E-state index is 12.4. The predicted molar refractivity (Wildman–Crippen MR) is 98.5 cm³/mol. The van der Waals surface area contributed by atoms with E-state index in [1.54, 1.807) is 0 Å². The van der Waals surface area contributed by atoms with Gasteiger partial charge in [0.15, 0.2) is 0 Å². The monoisotopic (exact) mass is 341 g/mol. The standard InChI is InChI=1S/C21H27NO3/c1-2-3-14-19(15-17-10-6-4-7-11-17)21(22,24)20(23)25-16-18-12-8-5-9-13-18/h4-13,19,24H,2-3,14-16,22H2,1H3. The molecule has 0 saturated heterocycles. The van der Waals surface area contributed by atoms with Gasteiger partial charge in [-0.1, -0.05) is 80.4 Å². The van der Waals surface area contributed by atoms with Crippen LogP contribution in [-0.4, -0.2) is 16.8 Å². The van der Waals surface area contributed by atoms with E-state index in [1.807, 2.05) is 60.7 Å². The minimum Gasteiger partial charge on any atom is -0.458 e. The molecule has 25 heavy (non-hydrogen) atoms. The van der Waals surface area contributed by atoms with Crippen LogP contribution in [0.5, 0.6) is 0 Å². The molecule has 0 aliphatic heterocycles. The van der Waals surface area contributed by atoms with Crippen molar-refractivity contribution in [3.05, 3.63) is 71.8 Å². The summed E-state index contributed by atoms with van der Waals surface area (Å²) in [6, 6.07) is 19.1. The fraction of sp³-hybridized carbons (Fsp3) is 0.381. The maximum atomic E-state index is 12.4. The average molecular weight is 341 g/mol. The van der Waals surface area contributed by atoms with Crippen LogP contribution < -0.4 is 5.73 Å². The first-order chi connectivity index (χ1) is 12.0. The number of hydrogen-bond donors (Lipinski definition) is 2. The summed E-state index contributed by atoms with van der Waals surface area (Å²) >= 11 is 0. The summed E-state index contributed by atoms with van der Waals surface area (Å²) in [5.41, 5.74) is 5.94. The zero-order chi connectivity index (χ0) is 18.1. The fourth-order valence-electron chi connectivity index (χ4n) is 2.83. The zero-order valence-corrected chi connectivity index (χ0v) is 14.7. The van der Waals surface area contributed by atoms with Crippen LogP contribution in [0.4, 0.5) is 0 Å². The first-order valence-corrected chi connectivity index (χ1v) is 8.80. The Balaban J connectivity index is 2.05. The molecule has 0 saturated carbocycles. The molecule has 0 radical (unpaired) electrons. The van der Waals surface area contributed by atoms with Gasteiger partial charge in [-0.3, -0.25) is 5.73 Å². The van der Waals surface area contributed by atoms with Crippen molar-refractivity contribution in [2.75, 3.05) is 0 Å². The smallest absolute Gasteiger partial charge is 0.354 e. The first-order valence-electron chi connectivity index (χ1n) is 8.80. The molecule has 4 heteroatoms. The zero-order valence-electron chi connectivity index (χ0n) is 14.7. The lowest BCUT2D eigenvalue weighted by Gasteiger charge is -2.30. The molecular weight excluding hydrogens is 314 g/mol. The van der Waals surface area contributed by atoms with Gasteiger partial charge in [-0.2, -0.15) is 0 Å². The highest BCUT2D eigenvalue weighted by Crippen LogP contribution is 2.25. The molecule has 2 aromatic rings. The van der Waals surface area contributed by atoms with Crippen molar-refractivity contribution >= 4 is 5.97 Å². The van der Waals surface area contributed by atoms with E-state index in [0.29, 0.717) is 12.8 Å². The number of esters is 1. The second-order valence-corrected chi connectivity index (χ2v) is 6.42. The molecule has 4 nitrogen and oxygen atoms in total. The number of aliphatic hydroxyl groups is 1. The van der Waals surface area contributed by atoms with Crippen LogP contribution in [0.15, 0.2) is 60.7 Å². The molecule has 2 unspecified atom stereocenters. The second-order valence-electron chi connectivity index (χ2n) is 6.42. The number of carbonyl (C=O) groups excluding carboxylic acids is 1. The van der Waals surface area contributed by atoms with Crippen molar-refractivity contribution in [3.8, 4) is 0 Å². The van der Waals surface area contributed by atoms with Gasteiger partial charge in [0.2, 0.25) is 5.72 Å². The number of carbonyl (C=O) groups is 1. The van der Waals surface area contributed by atoms with Crippen LogP contribution in [0, 0.1) is 5.92 Å². The van der Waals surface area contributed by atoms with Crippen molar-refractivity contribution in [1.82, 2.24) is 0 Å². The van der Waals surface area contributed by atoms with Gasteiger partial charge in [-0.25, -0.2) is 4.79 Å². The Kier molecular flexibility index (Phi) is 7.16. The number of ether oxygens (including phenoxy) is 1. The van der Waals surface area contributed by atoms with Gasteiger partial charge in [-0.05, 0) is 24.0 Å². The van der Waals surface area contributed by atoms with Gasteiger partial charge in [-0.15, -0.1) is 0 Å². The molecule has 2 rings (SSSR count). The number of nitrogens with two attached hydrogens (primary N) is 1. The van der Waals surface area contributed by atoms with Gasteiger partial charge in [0, 0.05) is 5.92 Å². The normalized spacial score (nSPS) is 14.5. The third-order valence-electron chi connectivity index (χ3n) is 4.39. The number of unbranched alkanes of at least 4 members (excludes halogenated alkanes) is 1. The maximum Gasteiger partial charge on any atom is 0.354 e. The van der Waals surface area contributed by atoms with Gasteiger partial charge in [0.1, 0.15) is 6.61 Å². The van der Waals surface area contributed by atoms with Gasteiger partial charge < -0.3 is 9.84 Å². The van der Waals surface area contributed by atoms with Crippen LogP contribution in [0.2, 0.25) is 0 Å². The van der Waals surface area contributed by atoms with E-state index >= 15 is 0 Å². The average Bonchev–Trinajstić information content (AvgIpc) is 2.64. The van der Waals surface area contributed by atoms with Crippen molar-refractivity contribution in [2.24, 2.45) is 11.7 Å². The SMILES string of the molecule is CCCCC(Cc1ccccc1)C(N)(O)C(=O)OCc1ccccc1. The van der Waals surface area contributed by atoms with Gasteiger partial charge in [0.05, 0.1) is 0 Å². The van der Waals surface area contributed by atoms with E-state index in [0.717, 1.165) is 24.0 Å². The van der Waals surface area contributed by atoms with Crippen LogP contribution in [0.1, 0.15) is 37.3 Å². The van der Waals surface area contributed by atoms with E-state index in [9.17, 15) is 9.90 Å². The van der Waals surface area contributed by atoms with Gasteiger partial charge in [0.25, 0.3) is 0 Å². The topological polar surface area (TPSA) is 72.5 Å². The molecule has 2 aromatic carbocycles. The fourth-order valence-corrected chi connectivity index (χ4v) is 2.83. The first kappa shape index (κ1) is 19.2. The molecule has 3 N–H and O–H groups in total. The molecule has 0 bridgehead atoms. The summed E-state index contributed by atoms with van der Waals surface area (Å²) in [6.07, 6.45) is 3.07. The Hall–Kier alpha value is -2.17. The van der Waals surface area contributed by atoms with Crippen molar-refractivity contribution in [1.29, 1.82) is 0 Å². The van der Waals surface area contributed by atoms with E-state index in [1.165, 1.54) is 0 Å². The molecular formula is C21H27NO3. The highest BCUT2D eigenvalue weighted by Gasteiger charge is 2.41. The third-order valence-corrected chi connectivity index (χ3v) is 4.39. The second kappa shape index (κ2) is 9.35. The lowest BCUT2D eigenvalue weighted by Crippen LogP contribution is -2.55. The lowest BCUT2D eigenvalue weighted by atomic mass is 9.85. The minimum atomic E-state index is -2.00. The summed E-state index contributed by atoms with van der Waals surface area (Å²) in [5, 5.41) is 10.7. The highest BCUT2D eigenvalue weighted by molar-refractivity contribution is 5.78. The minimum absolute atomic E-state index is 0.102. The summed E-state index contributed by atoms with van der Waals surface area (Å²) < 4.78 is 5.28. The van der Waals surface area contributed by atoms with Crippen LogP contribution in [0.25, 0.3) is 0 Å². The molecule has 0 aliphatic carbocycles. The van der Waals surface area contributed by atoms with E-state index in [4.69, 9.17) is 10.5 Å². The lowest BCUT2D eigenvalue weighted by molar-refractivity contribution is -0.173. The molecule has 0 amide bonds. The molecule has 0 heterocycles. The van der Waals surface area contributed by atoms with Crippen LogP contribution in [0.3, 0.4) is 0 Å². The number of rotatable bonds is 9. The van der Waals surface area contributed by atoms with Crippen LogP contribution in [-0.2, 0) is 22.6 Å². The highest BCUT2D eigenvalue weighted by atomic mass is 16.6. The molecule has 2 atom stereocenters. The van der Waals surface area contributed by atoms with E-state index < -0.39 is 17.6 Å². The summed E-state index contributed by atoms with van der Waals surface area (Å²) in [4.78, 5) is 12.4. The predicted octanol–water partition coefficient (Wildman–Crippen LogP) is 3.43. The van der Waals surface area contributed by atoms with Crippen LogP contribution >= 0.6 is 0 Å². The van der Waals surface area contributed by atoms with Crippen molar-refractivity contribution in [2.45, 2.75) is 44.9 Å². The number of hydrogen-bond acceptors (Lipinski definition) is 4. The molecule has 0 aliphatic rings. The Morgan fingerprint density at radius 1 is 1.08 bits per heavy atom. The Morgan fingerprint density at radius 2 is 1.64 bits per heavy atom. The summed E-state index contributed by atoms with van der Waals surface area (Å²) in [5.74, 6) is -1.16. The molecule has 134 valence electrons. The summed E-state index contributed by atoms with van der Waals surface area (Å²) in [7, 11) is 0. The Labute approximate surface area is 149 Å². The van der Waals surface area contributed by atoms with Crippen molar-refractivity contribution in [3.63, 3.8) is 0 Å². The molecule has 0 aromatic heterocycles. The largest absolute Gasteiger partial charge is 0.458 e. The summed E-state index contributed by atoms with van der Waals surface area (Å²) in [6.45, 7) is 2.17. The molecule has 0 fully saturated rings. The molecule has 0 spiro atoms.